The van der Waals surface area contributed by atoms with Crippen molar-refractivity contribution < 1.29 is 4.79 Å². The van der Waals surface area contributed by atoms with Gasteiger partial charge in [-0.3, -0.25) is 9.69 Å². The maximum absolute atomic E-state index is 12.9. The van der Waals surface area contributed by atoms with E-state index in [1.165, 1.54) is 0 Å². The molecule has 0 radical (unpaired) electrons. The number of carbonyl (C=O) groups is 1. The average molecular weight is 536 g/mol. The number of anilines is 1. The predicted molar refractivity (Wildman–Crippen MR) is 146 cm³/mol. The number of carbonyl (C=O) groups excluding carboxylic acids is 1. The van der Waals surface area contributed by atoms with Crippen LogP contribution in [0.4, 0.5) is 5.95 Å². The largest absolute Gasteiger partial charge is 0.342 e. The van der Waals surface area contributed by atoms with E-state index in [1.54, 1.807) is 10.8 Å². The molecule has 190 valence electrons. The molecule has 0 saturated carbocycles. The number of nitrogens with one attached hydrogen (secondary N) is 1. The molecule has 37 heavy (non-hydrogen) atoms. The third-order valence-electron chi connectivity index (χ3n) is 7.54. The van der Waals surface area contributed by atoms with E-state index in [1.807, 2.05) is 48.5 Å². The topological polar surface area (TPSA) is 78.7 Å². The molecule has 10 heteroatoms. The molecule has 0 aliphatic carbocycles. The normalized spacial score (nSPS) is 17.8. The lowest BCUT2D eigenvalue weighted by Crippen LogP contribution is -2.58. The van der Waals surface area contributed by atoms with Crippen molar-refractivity contribution in [2.24, 2.45) is 0 Å². The molecular weight excluding hydrogens is 509 g/mol. The fourth-order valence-electron chi connectivity index (χ4n) is 5.67. The smallest absolute Gasteiger partial charge is 0.241 e. The Morgan fingerprint density at radius 1 is 1.00 bits per heavy atom. The molecular formula is C27H27Cl2N7O. The Bertz CT molecular complexity index is 1480. The number of aromatic nitrogens is 4. The number of hydrogen-bond acceptors (Lipinski definition) is 6. The summed E-state index contributed by atoms with van der Waals surface area (Å²) in [6.45, 7) is 6.24. The number of halogens is 2. The van der Waals surface area contributed by atoms with Crippen molar-refractivity contribution in [3.8, 4) is 22.4 Å². The Morgan fingerprint density at radius 3 is 2.43 bits per heavy atom. The molecule has 0 atom stereocenters. The lowest BCUT2D eigenvalue weighted by Gasteiger charge is -2.44. The van der Waals surface area contributed by atoms with Gasteiger partial charge in [-0.2, -0.15) is 9.61 Å². The van der Waals surface area contributed by atoms with E-state index < -0.39 is 5.54 Å². The number of nitrogens with zero attached hydrogens (tertiary/aromatic N) is 6. The highest BCUT2D eigenvalue weighted by molar-refractivity contribution is 6.33. The lowest BCUT2D eigenvalue weighted by molar-refractivity contribution is -0.128. The summed E-state index contributed by atoms with van der Waals surface area (Å²) in [6, 6.07) is 15.6. The van der Waals surface area contributed by atoms with Gasteiger partial charge in [0.25, 0.3) is 0 Å². The van der Waals surface area contributed by atoms with Gasteiger partial charge in [-0.1, -0.05) is 53.5 Å². The van der Waals surface area contributed by atoms with Crippen molar-refractivity contribution in [1.82, 2.24) is 29.8 Å². The molecule has 4 aromatic rings. The van der Waals surface area contributed by atoms with Gasteiger partial charge in [-0.15, -0.1) is 0 Å². The van der Waals surface area contributed by atoms with Crippen LogP contribution >= 0.6 is 23.2 Å². The molecule has 2 aliphatic rings. The van der Waals surface area contributed by atoms with E-state index in [2.05, 4.69) is 38.9 Å². The number of rotatable bonds is 4. The van der Waals surface area contributed by atoms with Crippen LogP contribution in [0.2, 0.25) is 10.0 Å². The van der Waals surface area contributed by atoms with E-state index in [0.717, 1.165) is 22.4 Å². The third kappa shape index (κ3) is 3.95. The van der Waals surface area contributed by atoms with Gasteiger partial charge in [-0.25, -0.2) is 9.97 Å². The summed E-state index contributed by atoms with van der Waals surface area (Å²) in [5, 5.41) is 9.33. The minimum absolute atomic E-state index is 0.124. The van der Waals surface area contributed by atoms with Crippen LogP contribution in [-0.2, 0) is 4.79 Å². The van der Waals surface area contributed by atoms with Crippen LogP contribution in [0.1, 0.15) is 26.7 Å². The van der Waals surface area contributed by atoms with Crippen molar-refractivity contribution in [2.45, 2.75) is 38.3 Å². The van der Waals surface area contributed by atoms with Crippen LogP contribution in [0, 0.1) is 0 Å². The van der Waals surface area contributed by atoms with Crippen LogP contribution < -0.4 is 10.2 Å². The molecule has 2 aromatic carbocycles. The predicted octanol–water partition coefficient (Wildman–Crippen LogP) is 4.90. The quantitative estimate of drug-likeness (QED) is 0.400. The minimum Gasteiger partial charge on any atom is -0.342 e. The Hall–Kier alpha value is -3.20. The molecule has 2 aliphatic heterocycles. The second kappa shape index (κ2) is 9.28. The Kier molecular flexibility index (Phi) is 6.06. The fourth-order valence-corrected chi connectivity index (χ4v) is 6.02. The van der Waals surface area contributed by atoms with E-state index in [-0.39, 0.29) is 11.9 Å². The summed E-state index contributed by atoms with van der Waals surface area (Å²) in [6.07, 6.45) is 3.01. The molecule has 4 heterocycles. The second-order valence-electron chi connectivity index (χ2n) is 9.87. The van der Waals surface area contributed by atoms with Crippen molar-refractivity contribution in [3.63, 3.8) is 0 Å². The molecule has 2 fully saturated rings. The van der Waals surface area contributed by atoms with Crippen LogP contribution in [0.5, 0.6) is 0 Å². The average Bonchev–Trinajstić information content (AvgIpc) is 3.43. The van der Waals surface area contributed by atoms with Crippen LogP contribution in [0.3, 0.4) is 0 Å². The molecule has 2 aromatic heterocycles. The molecule has 8 nitrogen and oxygen atoms in total. The molecule has 1 amide bonds. The molecule has 0 bridgehead atoms. The van der Waals surface area contributed by atoms with Gasteiger partial charge >= 0.3 is 0 Å². The molecule has 0 unspecified atom stereocenters. The molecule has 2 saturated heterocycles. The number of benzene rings is 2. The zero-order chi connectivity index (χ0) is 25.7. The summed E-state index contributed by atoms with van der Waals surface area (Å²) in [5.41, 5.74) is 3.56. The van der Waals surface area contributed by atoms with Gasteiger partial charge in [-0.05, 0) is 50.5 Å². The van der Waals surface area contributed by atoms with Gasteiger partial charge in [0, 0.05) is 29.7 Å². The highest BCUT2D eigenvalue weighted by atomic mass is 35.5. The number of amides is 1. The standard InChI is InChI=1S/C27H27Cl2N7O/c1-17(2)35-16-32-25(37)27(35)11-13-34(14-12-27)26-31-15-30-24-22(18-7-9-19(28)10-8-18)23(33-36(24)26)20-5-3-4-6-21(20)29/h3-10,15,17H,11-14,16H2,1-2H3,(H,32,37). The number of fused-ring (bicyclic) bond motifs is 1. The third-order valence-corrected chi connectivity index (χ3v) is 8.13. The maximum Gasteiger partial charge on any atom is 0.241 e. The first kappa shape index (κ1) is 24.2. The van der Waals surface area contributed by atoms with Crippen molar-refractivity contribution >= 4 is 40.7 Å². The fraction of sp³-hybridized carbons (Fsp3) is 0.333. The summed E-state index contributed by atoms with van der Waals surface area (Å²) in [7, 11) is 0. The number of piperidine rings is 1. The van der Waals surface area contributed by atoms with Gasteiger partial charge < -0.3 is 10.2 Å². The van der Waals surface area contributed by atoms with Crippen molar-refractivity contribution in [2.75, 3.05) is 24.7 Å². The zero-order valence-electron chi connectivity index (χ0n) is 20.7. The Morgan fingerprint density at radius 2 is 1.73 bits per heavy atom. The van der Waals surface area contributed by atoms with E-state index >= 15 is 0 Å². The number of hydrogen-bond donors (Lipinski definition) is 1. The summed E-state index contributed by atoms with van der Waals surface area (Å²) in [5.74, 6) is 0.821. The highest BCUT2D eigenvalue weighted by Gasteiger charge is 2.51. The van der Waals surface area contributed by atoms with Crippen molar-refractivity contribution in [1.29, 1.82) is 0 Å². The Balaban J connectivity index is 1.44. The first-order chi connectivity index (χ1) is 17.9. The Labute approximate surface area is 225 Å². The van der Waals surface area contributed by atoms with Crippen molar-refractivity contribution in [3.05, 3.63) is 64.9 Å². The first-order valence-corrected chi connectivity index (χ1v) is 13.2. The van der Waals surface area contributed by atoms with Gasteiger partial charge in [0.2, 0.25) is 11.9 Å². The first-order valence-electron chi connectivity index (χ1n) is 12.4. The lowest BCUT2D eigenvalue weighted by atomic mass is 9.85. The zero-order valence-corrected chi connectivity index (χ0v) is 22.2. The second-order valence-corrected chi connectivity index (χ2v) is 10.7. The van der Waals surface area contributed by atoms with E-state index in [4.69, 9.17) is 28.3 Å². The van der Waals surface area contributed by atoms with E-state index in [9.17, 15) is 4.79 Å². The maximum atomic E-state index is 12.9. The highest BCUT2D eigenvalue weighted by Crippen LogP contribution is 2.40. The summed E-state index contributed by atoms with van der Waals surface area (Å²) < 4.78 is 1.80. The van der Waals surface area contributed by atoms with E-state index in [0.29, 0.717) is 54.2 Å². The van der Waals surface area contributed by atoms with Crippen LogP contribution in [0.25, 0.3) is 28.0 Å². The summed E-state index contributed by atoms with van der Waals surface area (Å²) >= 11 is 12.8. The van der Waals surface area contributed by atoms with Crippen LogP contribution in [-0.4, -0.2) is 61.7 Å². The minimum atomic E-state index is -0.474. The SMILES string of the molecule is CC(C)N1CNC(=O)C12CCN(c1ncnc3c(-c4ccc(Cl)cc4)c(-c4ccccc4Cl)nn13)CC2. The monoisotopic (exact) mass is 535 g/mol. The summed E-state index contributed by atoms with van der Waals surface area (Å²) in [4.78, 5) is 26.7. The van der Waals surface area contributed by atoms with Gasteiger partial charge in [0.15, 0.2) is 5.65 Å². The molecule has 1 spiro atoms. The van der Waals surface area contributed by atoms with Crippen LogP contribution in [0.15, 0.2) is 54.9 Å². The van der Waals surface area contributed by atoms with Gasteiger partial charge in [0.05, 0.1) is 17.3 Å². The van der Waals surface area contributed by atoms with Gasteiger partial charge in [0.1, 0.15) is 17.6 Å². The molecule has 6 rings (SSSR count). The molecule has 1 N–H and O–H groups in total.